The Labute approximate surface area is 181 Å². The fourth-order valence-corrected chi connectivity index (χ4v) is 4.50. The number of nitrogens with one attached hydrogen (secondary N) is 1. The van der Waals surface area contributed by atoms with E-state index < -0.39 is 0 Å². The van der Waals surface area contributed by atoms with Crippen LogP contribution in [0, 0.1) is 11.3 Å². The third-order valence-electron chi connectivity index (χ3n) is 6.01. The lowest BCUT2D eigenvalue weighted by atomic mass is 9.99. The number of carbonyl (C=O) groups excluding carboxylic acids is 1. The summed E-state index contributed by atoms with van der Waals surface area (Å²) in [5, 5.41) is 13.6. The highest BCUT2D eigenvalue weighted by Crippen LogP contribution is 2.64. The van der Waals surface area contributed by atoms with Crippen molar-refractivity contribution >= 4 is 23.2 Å². The van der Waals surface area contributed by atoms with Gasteiger partial charge in [-0.1, -0.05) is 67.9 Å². The van der Waals surface area contributed by atoms with Gasteiger partial charge in [0, 0.05) is 16.5 Å². The molecule has 3 aromatic carbocycles. The highest BCUT2D eigenvalue weighted by Gasteiger charge is 2.62. The minimum absolute atomic E-state index is 0.0460. The van der Waals surface area contributed by atoms with Crippen molar-refractivity contribution < 1.29 is 14.6 Å². The monoisotopic (exact) mass is 421 g/mol. The summed E-state index contributed by atoms with van der Waals surface area (Å²) in [4.78, 5) is 13.0. The quantitative estimate of drug-likeness (QED) is 0.523. The number of carbonyl (C=O) groups is 1. The van der Waals surface area contributed by atoms with Gasteiger partial charge < -0.3 is 15.2 Å². The molecule has 0 heterocycles. The molecule has 5 heteroatoms. The highest BCUT2D eigenvalue weighted by atomic mass is 35.5. The number of aromatic hydroxyl groups is 1. The Bertz CT molecular complexity index is 1090. The zero-order chi connectivity index (χ0) is 21.5. The summed E-state index contributed by atoms with van der Waals surface area (Å²) in [7, 11) is 1.56. The molecule has 3 aromatic rings. The highest BCUT2D eigenvalue weighted by molar-refractivity contribution is 6.31. The van der Waals surface area contributed by atoms with Crippen molar-refractivity contribution in [1.82, 2.24) is 0 Å². The van der Waals surface area contributed by atoms with Crippen molar-refractivity contribution in [1.29, 1.82) is 0 Å². The zero-order valence-corrected chi connectivity index (χ0v) is 17.9. The van der Waals surface area contributed by atoms with Crippen molar-refractivity contribution in [3.05, 3.63) is 77.3 Å². The molecule has 30 heavy (non-hydrogen) atoms. The lowest BCUT2D eigenvalue weighted by molar-refractivity contribution is -0.118. The first-order valence-corrected chi connectivity index (χ1v) is 10.2. The molecule has 2 atom stereocenters. The van der Waals surface area contributed by atoms with Gasteiger partial charge >= 0.3 is 0 Å². The number of methoxy groups -OCH3 is 1. The summed E-state index contributed by atoms with van der Waals surface area (Å²) in [6.45, 7) is 4.21. The molecule has 0 radical (unpaired) electrons. The first kappa shape index (κ1) is 20.3. The normalized spacial score (nSPS) is 19.2. The Hall–Kier alpha value is -2.98. The molecular weight excluding hydrogens is 398 g/mol. The van der Waals surface area contributed by atoms with Crippen molar-refractivity contribution in [2.24, 2.45) is 11.3 Å². The van der Waals surface area contributed by atoms with Crippen LogP contribution in [-0.2, 0) is 4.79 Å². The number of ether oxygens (including phenoxy) is 1. The third kappa shape index (κ3) is 3.63. The topological polar surface area (TPSA) is 58.6 Å². The van der Waals surface area contributed by atoms with Gasteiger partial charge in [-0.3, -0.25) is 4.79 Å². The van der Waals surface area contributed by atoms with Gasteiger partial charge in [0.1, 0.15) is 11.5 Å². The molecule has 154 valence electrons. The second-order valence-corrected chi connectivity index (χ2v) is 8.69. The van der Waals surface area contributed by atoms with Crippen LogP contribution in [0.1, 0.15) is 25.3 Å². The van der Waals surface area contributed by atoms with Crippen molar-refractivity contribution in [2.75, 3.05) is 12.4 Å². The van der Waals surface area contributed by atoms with Crippen LogP contribution in [0.2, 0.25) is 5.02 Å². The fourth-order valence-electron chi connectivity index (χ4n) is 4.33. The number of anilines is 1. The van der Waals surface area contributed by atoms with Crippen molar-refractivity contribution in [3.8, 4) is 22.6 Å². The summed E-state index contributed by atoms with van der Waals surface area (Å²) in [5.74, 6) is 0.744. The van der Waals surface area contributed by atoms with Gasteiger partial charge in [0.15, 0.2) is 0 Å². The van der Waals surface area contributed by atoms with Crippen LogP contribution >= 0.6 is 11.6 Å². The van der Waals surface area contributed by atoms with E-state index in [1.807, 2.05) is 36.4 Å². The number of benzene rings is 3. The summed E-state index contributed by atoms with van der Waals surface area (Å²) in [6.07, 6.45) is 0. The molecule has 1 aliphatic rings. The van der Waals surface area contributed by atoms with Crippen LogP contribution in [0.3, 0.4) is 0 Å². The Balaban J connectivity index is 1.54. The number of amides is 1. The zero-order valence-electron chi connectivity index (χ0n) is 17.1. The van der Waals surface area contributed by atoms with Gasteiger partial charge in [0.2, 0.25) is 5.91 Å². The summed E-state index contributed by atoms with van der Waals surface area (Å²) in [6, 6.07) is 20.5. The predicted molar refractivity (Wildman–Crippen MR) is 120 cm³/mol. The smallest absolute Gasteiger partial charge is 0.228 e. The number of halogens is 1. The molecule has 0 spiro atoms. The molecule has 4 rings (SSSR count). The lowest BCUT2D eigenvalue weighted by Gasteiger charge is -2.11. The molecule has 1 aliphatic carbocycles. The van der Waals surface area contributed by atoms with E-state index in [1.165, 1.54) is 0 Å². The molecule has 4 nitrogen and oxygen atoms in total. The Morgan fingerprint density at radius 2 is 1.77 bits per heavy atom. The third-order valence-corrected chi connectivity index (χ3v) is 6.25. The van der Waals surface area contributed by atoms with Crippen LogP contribution in [-0.4, -0.2) is 18.1 Å². The van der Waals surface area contributed by atoms with Gasteiger partial charge in [0.25, 0.3) is 0 Å². The largest absolute Gasteiger partial charge is 0.507 e. The van der Waals surface area contributed by atoms with Gasteiger partial charge in [0.05, 0.1) is 18.7 Å². The van der Waals surface area contributed by atoms with Crippen LogP contribution in [0.15, 0.2) is 66.7 Å². The van der Waals surface area contributed by atoms with Crippen molar-refractivity contribution in [2.45, 2.75) is 19.8 Å². The maximum absolute atomic E-state index is 13.0. The predicted octanol–water partition coefficient (Wildman–Crippen LogP) is 6.10. The number of phenols is 1. The van der Waals surface area contributed by atoms with E-state index in [0.29, 0.717) is 16.5 Å². The van der Waals surface area contributed by atoms with Crippen LogP contribution in [0.5, 0.6) is 11.5 Å². The number of para-hydroxylation sites is 1. The average Bonchev–Trinajstić information content (AvgIpc) is 3.31. The van der Waals surface area contributed by atoms with E-state index in [0.717, 1.165) is 16.7 Å². The second-order valence-electron chi connectivity index (χ2n) is 8.25. The van der Waals surface area contributed by atoms with E-state index in [-0.39, 0.29) is 28.9 Å². The minimum atomic E-state index is -0.160. The Morgan fingerprint density at radius 3 is 2.43 bits per heavy atom. The van der Waals surface area contributed by atoms with Gasteiger partial charge in [-0.15, -0.1) is 0 Å². The maximum Gasteiger partial charge on any atom is 0.228 e. The molecule has 0 aliphatic heterocycles. The Morgan fingerprint density at radius 1 is 1.07 bits per heavy atom. The van der Waals surface area contributed by atoms with Gasteiger partial charge in [-0.25, -0.2) is 0 Å². The van der Waals surface area contributed by atoms with Crippen molar-refractivity contribution in [3.63, 3.8) is 0 Å². The molecule has 2 N–H and O–H groups in total. The molecule has 1 amide bonds. The molecule has 0 aromatic heterocycles. The van der Waals surface area contributed by atoms with E-state index in [1.54, 1.807) is 37.4 Å². The van der Waals surface area contributed by atoms with Gasteiger partial charge in [-0.2, -0.15) is 0 Å². The van der Waals surface area contributed by atoms with E-state index >= 15 is 0 Å². The molecular formula is C25H24ClNO3. The molecule has 1 fully saturated rings. The molecule has 0 saturated heterocycles. The van der Waals surface area contributed by atoms with E-state index in [9.17, 15) is 9.90 Å². The van der Waals surface area contributed by atoms with E-state index in [2.05, 4.69) is 19.2 Å². The van der Waals surface area contributed by atoms with Crippen LogP contribution < -0.4 is 10.1 Å². The summed E-state index contributed by atoms with van der Waals surface area (Å²) < 4.78 is 5.34. The summed E-state index contributed by atoms with van der Waals surface area (Å²) >= 11 is 6.08. The number of rotatable bonds is 5. The summed E-state index contributed by atoms with van der Waals surface area (Å²) in [5.41, 5.74) is 3.26. The van der Waals surface area contributed by atoms with Gasteiger partial charge in [-0.05, 0) is 40.8 Å². The first-order valence-electron chi connectivity index (χ1n) is 9.85. The molecule has 1 saturated carbocycles. The first-order chi connectivity index (χ1) is 14.3. The lowest BCUT2D eigenvalue weighted by Crippen LogP contribution is -2.17. The average molecular weight is 422 g/mol. The Kier molecular flexibility index (Phi) is 5.20. The van der Waals surface area contributed by atoms with Crippen LogP contribution in [0.4, 0.5) is 5.69 Å². The minimum Gasteiger partial charge on any atom is -0.507 e. The van der Waals surface area contributed by atoms with Crippen LogP contribution in [0.25, 0.3) is 11.1 Å². The second kappa shape index (κ2) is 7.69. The number of hydrogen-bond donors (Lipinski definition) is 2. The standard InChI is InChI=1S/C25H24ClNO3/c1-25(2)22(16-10-8-15(9-11-16)18-6-4-5-7-20(18)28)23(25)24(29)27-19-14-17(26)12-13-21(19)30-3/h4-14,22-23,28H,1-3H3,(H,27,29)/t22-,23+/m0/s1. The molecule has 0 unspecified atom stereocenters. The fraction of sp³-hybridized carbons (Fsp3) is 0.240. The SMILES string of the molecule is COc1ccc(Cl)cc1NC(=O)[C@H]1[C@H](c2ccc(-c3ccccc3O)cc2)C1(C)C. The molecule has 0 bridgehead atoms. The number of hydrogen-bond acceptors (Lipinski definition) is 3. The number of phenolic OH excluding ortho intramolecular Hbond substituents is 1. The van der Waals surface area contributed by atoms with E-state index in [4.69, 9.17) is 16.3 Å². The maximum atomic E-state index is 13.0.